The van der Waals surface area contributed by atoms with E-state index in [1.165, 1.54) is 0 Å². The first-order valence-corrected chi connectivity index (χ1v) is 6.68. The number of benzene rings is 1. The fourth-order valence-electron chi connectivity index (χ4n) is 1.81. The minimum Gasteiger partial charge on any atom is -0.490 e. The first kappa shape index (κ1) is 14.3. The summed E-state index contributed by atoms with van der Waals surface area (Å²) < 4.78 is 11.3. The molecular weight excluding hydrogens is 254 g/mol. The monoisotopic (exact) mass is 273 g/mol. The molecule has 0 atom stereocenters. The van der Waals surface area contributed by atoms with Crippen molar-refractivity contribution in [1.29, 1.82) is 0 Å². The third kappa shape index (κ3) is 3.93. The van der Waals surface area contributed by atoms with Gasteiger partial charge in [-0.15, -0.1) is 0 Å². The second-order valence-electron chi connectivity index (χ2n) is 4.21. The molecule has 2 rings (SSSR count). The molecule has 0 aliphatic rings. The van der Waals surface area contributed by atoms with Crippen LogP contribution in [0.2, 0.25) is 0 Å². The Bertz CT molecular complexity index is 532. The van der Waals surface area contributed by atoms with Gasteiger partial charge < -0.3 is 15.2 Å². The van der Waals surface area contributed by atoms with Crippen LogP contribution < -0.4 is 15.2 Å². The molecule has 1 heterocycles. The summed E-state index contributed by atoms with van der Waals surface area (Å²) in [5.74, 6) is 2.07. The van der Waals surface area contributed by atoms with E-state index in [1.807, 2.05) is 25.1 Å². The Morgan fingerprint density at radius 2 is 1.90 bits per heavy atom. The average Bonchev–Trinajstić information content (AvgIpc) is 2.48. The van der Waals surface area contributed by atoms with Crippen LogP contribution in [-0.2, 0) is 13.0 Å². The van der Waals surface area contributed by atoms with E-state index in [0.717, 1.165) is 17.7 Å². The smallest absolute Gasteiger partial charge is 0.166 e. The molecular formula is C15H19N3O2. The first-order valence-electron chi connectivity index (χ1n) is 6.68. The third-order valence-electron chi connectivity index (χ3n) is 2.72. The highest BCUT2D eigenvalue weighted by atomic mass is 16.5. The summed E-state index contributed by atoms with van der Waals surface area (Å²) in [5.41, 5.74) is 6.71. The molecule has 2 aromatic rings. The highest BCUT2D eigenvalue weighted by Gasteiger charge is 2.07. The lowest BCUT2D eigenvalue weighted by Crippen LogP contribution is -2.05. The molecule has 0 saturated carbocycles. The van der Waals surface area contributed by atoms with Crippen LogP contribution in [0.3, 0.4) is 0 Å². The van der Waals surface area contributed by atoms with Crippen LogP contribution in [0.25, 0.3) is 0 Å². The second-order valence-corrected chi connectivity index (χ2v) is 4.21. The van der Waals surface area contributed by atoms with Gasteiger partial charge in [-0.05, 0) is 43.7 Å². The molecule has 2 N–H and O–H groups in total. The van der Waals surface area contributed by atoms with E-state index < -0.39 is 0 Å². The minimum atomic E-state index is 0.317. The van der Waals surface area contributed by atoms with Gasteiger partial charge in [0, 0.05) is 12.4 Å². The van der Waals surface area contributed by atoms with Crippen LogP contribution in [0.5, 0.6) is 11.5 Å². The van der Waals surface area contributed by atoms with Crippen LogP contribution in [-0.4, -0.2) is 23.1 Å². The molecule has 0 fully saturated rings. The van der Waals surface area contributed by atoms with Crippen LogP contribution >= 0.6 is 0 Å². The summed E-state index contributed by atoms with van der Waals surface area (Å²) in [6.07, 6.45) is 4.21. The number of ether oxygens (including phenoxy) is 2. The maximum absolute atomic E-state index is 5.73. The third-order valence-corrected chi connectivity index (χ3v) is 2.72. The lowest BCUT2D eigenvalue weighted by atomic mass is 10.1. The lowest BCUT2D eigenvalue weighted by Gasteiger charge is -2.12. The Morgan fingerprint density at radius 1 is 1.10 bits per heavy atom. The van der Waals surface area contributed by atoms with Gasteiger partial charge >= 0.3 is 0 Å². The molecule has 5 heteroatoms. The van der Waals surface area contributed by atoms with E-state index in [4.69, 9.17) is 15.2 Å². The summed E-state index contributed by atoms with van der Waals surface area (Å²) in [4.78, 5) is 8.25. The van der Waals surface area contributed by atoms with Crippen molar-refractivity contribution in [2.45, 2.75) is 20.0 Å². The molecule has 5 nitrogen and oxygen atoms in total. The Balaban J connectivity index is 2.09. The summed E-state index contributed by atoms with van der Waals surface area (Å²) in [6, 6.07) is 7.64. The Morgan fingerprint density at radius 3 is 2.60 bits per heavy atom. The lowest BCUT2D eigenvalue weighted by molar-refractivity contribution is 0.263. The zero-order chi connectivity index (χ0) is 14.2. The molecule has 0 unspecified atom stereocenters. The number of rotatable bonds is 7. The van der Waals surface area contributed by atoms with Crippen molar-refractivity contribution < 1.29 is 9.47 Å². The van der Waals surface area contributed by atoms with Crippen LogP contribution in [0.15, 0.2) is 36.7 Å². The molecule has 106 valence electrons. The topological polar surface area (TPSA) is 70.3 Å². The van der Waals surface area contributed by atoms with Crippen molar-refractivity contribution in [2.75, 3.05) is 13.2 Å². The summed E-state index contributed by atoms with van der Waals surface area (Å²) in [6.45, 7) is 3.46. The quantitative estimate of drug-likeness (QED) is 0.835. The normalized spacial score (nSPS) is 10.3. The molecule has 0 bridgehead atoms. The highest BCUT2D eigenvalue weighted by Crippen LogP contribution is 2.29. The maximum Gasteiger partial charge on any atom is 0.166 e. The molecule has 20 heavy (non-hydrogen) atoms. The van der Waals surface area contributed by atoms with Gasteiger partial charge in [0.25, 0.3) is 0 Å². The van der Waals surface area contributed by atoms with E-state index in [-0.39, 0.29) is 0 Å². The van der Waals surface area contributed by atoms with Gasteiger partial charge in [-0.1, -0.05) is 6.07 Å². The van der Waals surface area contributed by atoms with Crippen LogP contribution in [0.1, 0.15) is 18.3 Å². The molecule has 0 spiro atoms. The summed E-state index contributed by atoms with van der Waals surface area (Å²) in [7, 11) is 0. The molecule has 1 aromatic carbocycles. The van der Waals surface area contributed by atoms with E-state index >= 15 is 0 Å². The van der Waals surface area contributed by atoms with E-state index in [2.05, 4.69) is 9.97 Å². The van der Waals surface area contributed by atoms with Crippen molar-refractivity contribution >= 4 is 0 Å². The standard InChI is InChI=1S/C15H19N3O2/c1-2-19-14-10-12(6-7-16)4-5-13(14)20-11-15-17-8-3-9-18-15/h3-5,8-10H,2,6-7,11,16H2,1H3. The number of aromatic nitrogens is 2. The van der Waals surface area contributed by atoms with Gasteiger partial charge in [0.15, 0.2) is 17.3 Å². The Hall–Kier alpha value is -2.14. The average molecular weight is 273 g/mol. The van der Waals surface area contributed by atoms with Gasteiger partial charge in [0.2, 0.25) is 0 Å². The van der Waals surface area contributed by atoms with Crippen LogP contribution in [0.4, 0.5) is 0 Å². The molecule has 0 amide bonds. The number of nitrogens with two attached hydrogens (primary N) is 1. The fourth-order valence-corrected chi connectivity index (χ4v) is 1.81. The van der Waals surface area contributed by atoms with Gasteiger partial charge in [-0.25, -0.2) is 9.97 Å². The van der Waals surface area contributed by atoms with Gasteiger partial charge in [-0.2, -0.15) is 0 Å². The maximum atomic E-state index is 5.73. The highest BCUT2D eigenvalue weighted by molar-refractivity contribution is 5.43. The second kappa shape index (κ2) is 7.45. The molecule has 0 radical (unpaired) electrons. The van der Waals surface area contributed by atoms with Crippen molar-refractivity contribution in [3.8, 4) is 11.5 Å². The predicted molar refractivity (Wildman–Crippen MR) is 76.7 cm³/mol. The number of hydrogen-bond acceptors (Lipinski definition) is 5. The van der Waals surface area contributed by atoms with Crippen molar-refractivity contribution in [3.63, 3.8) is 0 Å². The van der Waals surface area contributed by atoms with Gasteiger partial charge in [0.1, 0.15) is 6.61 Å². The fraction of sp³-hybridized carbons (Fsp3) is 0.333. The summed E-state index contributed by atoms with van der Waals surface area (Å²) in [5, 5.41) is 0. The SMILES string of the molecule is CCOc1cc(CCN)ccc1OCc1ncccn1. The predicted octanol–water partition coefficient (Wildman–Crippen LogP) is 1.96. The number of nitrogens with zero attached hydrogens (tertiary/aromatic N) is 2. The van der Waals surface area contributed by atoms with Crippen molar-refractivity contribution in [3.05, 3.63) is 48.0 Å². The van der Waals surface area contributed by atoms with E-state index in [0.29, 0.717) is 31.3 Å². The molecule has 0 aliphatic carbocycles. The van der Waals surface area contributed by atoms with Crippen LogP contribution in [0, 0.1) is 0 Å². The largest absolute Gasteiger partial charge is 0.490 e. The Labute approximate surface area is 118 Å². The zero-order valence-corrected chi connectivity index (χ0v) is 11.6. The zero-order valence-electron chi connectivity index (χ0n) is 11.6. The van der Waals surface area contributed by atoms with E-state index in [9.17, 15) is 0 Å². The van der Waals surface area contributed by atoms with E-state index in [1.54, 1.807) is 18.5 Å². The first-order chi connectivity index (χ1) is 9.83. The molecule has 0 aliphatic heterocycles. The minimum absolute atomic E-state index is 0.317. The van der Waals surface area contributed by atoms with Gasteiger partial charge in [0.05, 0.1) is 6.61 Å². The molecule has 0 saturated heterocycles. The van der Waals surface area contributed by atoms with Crippen molar-refractivity contribution in [2.24, 2.45) is 5.73 Å². The summed E-state index contributed by atoms with van der Waals surface area (Å²) >= 11 is 0. The van der Waals surface area contributed by atoms with Gasteiger partial charge in [-0.3, -0.25) is 0 Å². The van der Waals surface area contributed by atoms with Crippen molar-refractivity contribution in [1.82, 2.24) is 9.97 Å². The Kier molecular flexibility index (Phi) is 5.32. The molecule has 1 aromatic heterocycles. The number of hydrogen-bond donors (Lipinski definition) is 1.